The molecule has 0 bridgehead atoms. The van der Waals surface area contributed by atoms with Gasteiger partial charge in [-0.05, 0) is 89.5 Å². The van der Waals surface area contributed by atoms with E-state index in [0.29, 0.717) is 53.1 Å². The van der Waals surface area contributed by atoms with Gasteiger partial charge in [0.2, 0.25) is 11.8 Å². The molecule has 65 heavy (non-hydrogen) atoms. The van der Waals surface area contributed by atoms with Crippen molar-refractivity contribution in [2.75, 3.05) is 19.0 Å². The number of fused-ring (bicyclic) bond motifs is 3. The van der Waals surface area contributed by atoms with Crippen LogP contribution in [0, 0.1) is 11.7 Å². The van der Waals surface area contributed by atoms with Crippen LogP contribution in [0.2, 0.25) is 0 Å². The summed E-state index contributed by atoms with van der Waals surface area (Å²) in [5, 5.41) is 12.2. The number of halogens is 1. The topological polar surface area (TPSA) is 207 Å². The van der Waals surface area contributed by atoms with Gasteiger partial charge in [-0.25, -0.2) is 32.3 Å². The third-order valence-electron chi connectivity index (χ3n) is 12.3. The van der Waals surface area contributed by atoms with Gasteiger partial charge in [-0.3, -0.25) is 14.4 Å². The number of aromatic nitrogens is 2. The van der Waals surface area contributed by atoms with Gasteiger partial charge in [0.1, 0.15) is 57.7 Å². The number of alkyl carbamates (subject to hydrolysis) is 1. The van der Waals surface area contributed by atoms with Crippen LogP contribution in [0.4, 0.5) is 14.3 Å². The molecule has 0 unspecified atom stereocenters. The maximum Gasteiger partial charge on any atom is 0.408 e. The van der Waals surface area contributed by atoms with Crippen molar-refractivity contribution in [2.45, 2.75) is 125 Å². The summed E-state index contributed by atoms with van der Waals surface area (Å²) in [5.41, 5.74) is -0.0461. The van der Waals surface area contributed by atoms with Crippen molar-refractivity contribution in [1.82, 2.24) is 30.2 Å². The fourth-order valence-electron chi connectivity index (χ4n) is 8.85. The molecule has 5 atom stereocenters. The van der Waals surface area contributed by atoms with E-state index < -0.39 is 74.2 Å². The number of carbonyl (C=O) groups excluding carboxylic acids is 4. The van der Waals surface area contributed by atoms with E-state index in [2.05, 4.69) is 16.0 Å². The molecule has 0 spiro atoms. The molecule has 4 aliphatic rings. The molecule has 8 rings (SSSR count). The number of allylic oxidation sites excluding steroid dienone is 1. The van der Waals surface area contributed by atoms with Crippen LogP contribution < -0.4 is 30.1 Å². The Bertz CT molecular complexity index is 2580. The Balaban J connectivity index is 1.12. The maximum atomic E-state index is 14.8. The predicted molar refractivity (Wildman–Crippen MR) is 241 cm³/mol. The number of sulfonamides is 1. The van der Waals surface area contributed by atoms with Crippen LogP contribution in [0.1, 0.15) is 84.5 Å². The van der Waals surface area contributed by atoms with Crippen molar-refractivity contribution >= 4 is 61.2 Å². The van der Waals surface area contributed by atoms with Gasteiger partial charge in [-0.1, -0.05) is 37.1 Å². The number of methoxy groups -OCH3 is 1. The molecule has 2 aromatic heterocycles. The van der Waals surface area contributed by atoms with Crippen molar-refractivity contribution in [2.24, 2.45) is 5.92 Å². The molecule has 2 aliphatic carbocycles. The summed E-state index contributed by atoms with van der Waals surface area (Å²) < 4.78 is 61.4. The molecule has 1 saturated heterocycles. The number of amides is 4. The average molecular weight is 932 g/mol. The first-order valence-electron chi connectivity index (χ1n) is 22.2. The zero-order chi connectivity index (χ0) is 45.9. The quantitative estimate of drug-likeness (QED) is 0.117. The van der Waals surface area contributed by atoms with Crippen LogP contribution in [0.5, 0.6) is 11.5 Å². The van der Waals surface area contributed by atoms with Gasteiger partial charge in [0.15, 0.2) is 5.13 Å². The molecule has 346 valence electrons. The second kappa shape index (κ2) is 19.3. The van der Waals surface area contributed by atoms with Gasteiger partial charge in [0, 0.05) is 41.3 Å². The van der Waals surface area contributed by atoms with Gasteiger partial charge >= 0.3 is 6.09 Å². The summed E-state index contributed by atoms with van der Waals surface area (Å²) in [7, 11) is -3.13. The van der Waals surface area contributed by atoms with E-state index in [9.17, 15) is 32.0 Å². The number of rotatable bonds is 11. The van der Waals surface area contributed by atoms with Crippen molar-refractivity contribution in [1.29, 1.82) is 0 Å². The number of nitrogens with one attached hydrogen (secondary N) is 4. The van der Waals surface area contributed by atoms with E-state index >= 15 is 0 Å². The van der Waals surface area contributed by atoms with Crippen molar-refractivity contribution < 1.29 is 46.2 Å². The minimum absolute atomic E-state index is 0.0307. The van der Waals surface area contributed by atoms with Gasteiger partial charge in [-0.2, -0.15) is 0 Å². The van der Waals surface area contributed by atoms with E-state index in [4.69, 9.17) is 24.2 Å². The second-order valence-corrected chi connectivity index (χ2v) is 19.9. The Labute approximate surface area is 381 Å². The van der Waals surface area contributed by atoms with Crippen LogP contribution >= 0.6 is 11.3 Å². The van der Waals surface area contributed by atoms with Crippen molar-refractivity contribution in [3.8, 4) is 22.9 Å². The number of hydrogen-bond donors (Lipinski definition) is 4. The normalized spacial score (nSPS) is 24.5. The Morgan fingerprint density at radius 1 is 0.985 bits per heavy atom. The van der Waals surface area contributed by atoms with Gasteiger partial charge in [0.05, 0.1) is 24.9 Å². The first-order chi connectivity index (χ1) is 31.2. The number of carbonyl (C=O) groups is 4. The second-order valence-electron chi connectivity index (χ2n) is 17.4. The predicted octanol–water partition coefficient (Wildman–Crippen LogP) is 6.61. The Hall–Kier alpha value is -5.82. The lowest BCUT2D eigenvalue weighted by molar-refractivity contribution is -0.141. The zero-order valence-corrected chi connectivity index (χ0v) is 38.1. The molecule has 4 aromatic rings. The SMILES string of the molecule is COc1ccc2c(O[C@@H]3C[C@H]4C(=O)N[C@]5(C(=O)NS(=O)(=O)c6ccccc6F)C[C@H]5/C=C\CCCCC[C@H](NC(=O)OC5CCCC5)C(=O)N4C3)cc(-c3csc(NC(C)C)n3)nc2c1. The molecule has 16 nitrogen and oxygen atoms in total. The number of thiazole rings is 1. The Morgan fingerprint density at radius 3 is 2.54 bits per heavy atom. The van der Waals surface area contributed by atoms with Crippen LogP contribution in [-0.2, 0) is 29.1 Å². The van der Waals surface area contributed by atoms with Gasteiger partial charge in [-0.15, -0.1) is 11.3 Å². The smallest absolute Gasteiger partial charge is 0.408 e. The number of anilines is 1. The molecular weight excluding hydrogens is 878 g/mol. The van der Waals surface area contributed by atoms with E-state index in [1.54, 1.807) is 31.4 Å². The summed E-state index contributed by atoms with van der Waals surface area (Å²) in [4.78, 5) is 67.3. The molecule has 2 saturated carbocycles. The lowest BCUT2D eigenvalue weighted by Crippen LogP contribution is -2.58. The van der Waals surface area contributed by atoms with Crippen LogP contribution in [0.25, 0.3) is 22.3 Å². The molecule has 4 heterocycles. The summed E-state index contributed by atoms with van der Waals surface area (Å²) >= 11 is 1.43. The highest BCUT2D eigenvalue weighted by Crippen LogP contribution is 2.46. The fraction of sp³-hybridized carbons (Fsp3) is 0.478. The maximum absolute atomic E-state index is 14.8. The van der Waals surface area contributed by atoms with Crippen LogP contribution in [0.3, 0.4) is 0 Å². The summed E-state index contributed by atoms with van der Waals surface area (Å²) in [5.74, 6) is -2.94. The first kappa shape index (κ1) is 45.7. The number of benzene rings is 2. The molecule has 2 aromatic carbocycles. The molecule has 19 heteroatoms. The Morgan fingerprint density at radius 2 is 1.77 bits per heavy atom. The van der Waals surface area contributed by atoms with E-state index in [0.717, 1.165) is 49.4 Å². The third kappa shape index (κ3) is 10.4. The number of ether oxygens (including phenoxy) is 3. The van der Waals surface area contributed by atoms with Crippen LogP contribution in [0.15, 0.2) is 71.0 Å². The third-order valence-corrected chi connectivity index (χ3v) is 14.5. The molecule has 2 aliphatic heterocycles. The average Bonchev–Trinajstić information content (AvgIpc) is 3.70. The minimum atomic E-state index is -4.69. The number of nitrogens with zero attached hydrogens (tertiary/aromatic N) is 3. The van der Waals surface area contributed by atoms with Crippen molar-refractivity contribution in [3.05, 3.63) is 71.9 Å². The van der Waals surface area contributed by atoms with E-state index in [-0.39, 0.29) is 38.0 Å². The summed E-state index contributed by atoms with van der Waals surface area (Å²) in [6.45, 7) is 3.95. The number of hydrogen-bond acceptors (Lipinski definition) is 13. The van der Waals surface area contributed by atoms with Gasteiger partial charge in [0.25, 0.3) is 15.9 Å². The first-order valence-corrected chi connectivity index (χ1v) is 24.5. The highest BCUT2D eigenvalue weighted by atomic mass is 32.2. The van der Waals surface area contributed by atoms with Gasteiger partial charge < -0.3 is 35.1 Å². The molecular formula is C46H54FN7O9S2. The zero-order valence-electron chi connectivity index (χ0n) is 36.5. The largest absolute Gasteiger partial charge is 0.497 e. The molecule has 3 fully saturated rings. The Kier molecular flexibility index (Phi) is 13.6. The lowest BCUT2D eigenvalue weighted by Gasteiger charge is -2.30. The number of pyridine rings is 1. The van der Waals surface area contributed by atoms with Crippen molar-refractivity contribution in [3.63, 3.8) is 0 Å². The molecule has 4 N–H and O–H groups in total. The monoisotopic (exact) mass is 931 g/mol. The van der Waals surface area contributed by atoms with Crippen LogP contribution in [-0.4, -0.2) is 96.6 Å². The molecule has 0 radical (unpaired) electrons. The fourth-order valence-corrected chi connectivity index (χ4v) is 10.8. The van der Waals surface area contributed by atoms with E-state index in [1.807, 2.05) is 36.1 Å². The highest BCUT2D eigenvalue weighted by Gasteiger charge is 2.62. The summed E-state index contributed by atoms with van der Waals surface area (Å²) in [6.07, 6.45) is 8.26. The lowest BCUT2D eigenvalue weighted by atomic mass is 10.0. The summed E-state index contributed by atoms with van der Waals surface area (Å²) in [6, 6.07) is 9.70. The standard InChI is InChI=1S/C46H54FN7O9S2/c1-27(2)48-44-50-37(26-64-44)36-23-39(32-20-19-30(61-3)21-35(32)49-36)62-31-22-38-41(55)52-46(43(57)53-65(59,60)40-18-12-11-16-33(40)47)24-28(46)13-7-5-4-6-8-17-34(42(56)54(38)25-31)51-45(58)63-29-14-9-10-15-29/h7,11-13,16,18-21,23,26-29,31,34,38H,4-6,8-10,14-15,17,22,24-25H2,1-3H3,(H,48,50)(H,51,58)(H,52,55)(H,53,57)/b13-7-/t28-,31-,34+,38+,46-/m1/s1. The van der Waals surface area contributed by atoms with E-state index in [1.165, 1.54) is 28.4 Å². The molecule has 4 amide bonds. The minimum Gasteiger partial charge on any atom is -0.497 e. The highest BCUT2D eigenvalue weighted by molar-refractivity contribution is 7.90.